The third kappa shape index (κ3) is 6.59. The molecule has 1 atom stereocenters. The van der Waals surface area contributed by atoms with Crippen LogP contribution in [-0.4, -0.2) is 70.3 Å². The van der Waals surface area contributed by atoms with Gasteiger partial charge in [0.25, 0.3) is 5.91 Å². The molecule has 0 aliphatic carbocycles. The second-order valence-electron chi connectivity index (χ2n) is 8.86. The molecule has 10 nitrogen and oxygen atoms in total. The normalized spacial score (nSPS) is 14.6. The van der Waals surface area contributed by atoms with E-state index in [1.54, 1.807) is 35.2 Å². The molecule has 2 aromatic heterocycles. The summed E-state index contributed by atoms with van der Waals surface area (Å²) in [6.07, 6.45) is 5.61. The van der Waals surface area contributed by atoms with Crippen molar-refractivity contribution in [2.45, 2.75) is 31.8 Å². The van der Waals surface area contributed by atoms with E-state index in [2.05, 4.69) is 21.4 Å². The maximum atomic E-state index is 13.0. The highest BCUT2D eigenvalue weighted by molar-refractivity contribution is 6.07. The molecule has 1 aromatic carbocycles. The van der Waals surface area contributed by atoms with Gasteiger partial charge in [0.2, 0.25) is 18.3 Å². The Bertz CT molecular complexity index is 1340. The standard InChI is InChI=1S/C27H27FN6O4/c28-25-7-4-19(15-31-25)17-33(18-35)10-2-12-38-21-5-6-24-23(13-21)22(8-9-30-24)27(37)32-16-26(36)34-11-1-3-20(34)14-29/h4-9,13,15,18,20H,1-3,10-12,16-17H2,(H,32,37). The number of benzene rings is 1. The number of ether oxygens (including phenoxy) is 1. The molecule has 1 saturated heterocycles. The van der Waals surface area contributed by atoms with Crippen LogP contribution >= 0.6 is 0 Å². The maximum absolute atomic E-state index is 13.0. The molecular formula is C27H27FN6O4. The van der Waals surface area contributed by atoms with Crippen molar-refractivity contribution in [3.05, 3.63) is 65.9 Å². The van der Waals surface area contributed by atoms with E-state index in [4.69, 9.17) is 4.74 Å². The van der Waals surface area contributed by atoms with Crippen molar-refractivity contribution in [2.24, 2.45) is 0 Å². The molecule has 1 N–H and O–H groups in total. The van der Waals surface area contributed by atoms with Crippen LogP contribution in [0.2, 0.25) is 0 Å². The molecule has 11 heteroatoms. The minimum absolute atomic E-state index is 0.196. The van der Waals surface area contributed by atoms with Crippen LogP contribution in [0, 0.1) is 17.3 Å². The lowest BCUT2D eigenvalue weighted by atomic mass is 10.1. The minimum Gasteiger partial charge on any atom is -0.494 e. The number of hydrogen-bond donors (Lipinski definition) is 1. The maximum Gasteiger partial charge on any atom is 0.252 e. The largest absolute Gasteiger partial charge is 0.494 e. The fraction of sp³-hybridized carbons (Fsp3) is 0.333. The minimum atomic E-state index is -0.574. The summed E-state index contributed by atoms with van der Waals surface area (Å²) in [6, 6.07) is 11.3. The van der Waals surface area contributed by atoms with Crippen molar-refractivity contribution in [1.29, 1.82) is 5.26 Å². The van der Waals surface area contributed by atoms with Crippen molar-refractivity contribution in [3.63, 3.8) is 0 Å². The fourth-order valence-corrected chi connectivity index (χ4v) is 4.33. The lowest BCUT2D eigenvalue weighted by Gasteiger charge is -2.19. The zero-order valence-electron chi connectivity index (χ0n) is 20.7. The molecule has 3 aromatic rings. The van der Waals surface area contributed by atoms with E-state index in [1.165, 1.54) is 23.4 Å². The van der Waals surface area contributed by atoms with Crippen LogP contribution in [-0.2, 0) is 16.1 Å². The molecule has 38 heavy (non-hydrogen) atoms. The Morgan fingerprint density at radius 1 is 1.26 bits per heavy atom. The van der Waals surface area contributed by atoms with Crippen molar-refractivity contribution in [1.82, 2.24) is 25.1 Å². The second-order valence-corrected chi connectivity index (χ2v) is 8.86. The van der Waals surface area contributed by atoms with E-state index < -0.39 is 17.9 Å². The summed E-state index contributed by atoms with van der Waals surface area (Å²) in [5.41, 5.74) is 1.67. The molecule has 1 unspecified atom stereocenters. The summed E-state index contributed by atoms with van der Waals surface area (Å²) in [4.78, 5) is 47.7. The average Bonchev–Trinajstić information content (AvgIpc) is 3.43. The first-order valence-electron chi connectivity index (χ1n) is 12.3. The van der Waals surface area contributed by atoms with Crippen LogP contribution < -0.4 is 10.1 Å². The number of fused-ring (bicyclic) bond motifs is 1. The van der Waals surface area contributed by atoms with Gasteiger partial charge in [-0.05, 0) is 55.2 Å². The summed E-state index contributed by atoms with van der Waals surface area (Å²) in [6.45, 7) is 1.39. The van der Waals surface area contributed by atoms with Gasteiger partial charge in [0.15, 0.2) is 0 Å². The van der Waals surface area contributed by atoms with Crippen molar-refractivity contribution in [2.75, 3.05) is 26.2 Å². The van der Waals surface area contributed by atoms with E-state index in [-0.39, 0.29) is 12.5 Å². The molecule has 4 rings (SSSR count). The molecule has 3 amide bonds. The predicted octanol–water partition coefficient (Wildman–Crippen LogP) is 2.44. The van der Waals surface area contributed by atoms with Gasteiger partial charge in [-0.25, -0.2) is 4.98 Å². The number of hydrogen-bond acceptors (Lipinski definition) is 7. The highest BCUT2D eigenvalue weighted by Gasteiger charge is 2.28. The summed E-state index contributed by atoms with van der Waals surface area (Å²) < 4.78 is 18.8. The van der Waals surface area contributed by atoms with Crippen LogP contribution in [0.15, 0.2) is 48.8 Å². The van der Waals surface area contributed by atoms with E-state index in [1.807, 2.05) is 0 Å². The molecule has 196 valence electrons. The quantitative estimate of drug-likeness (QED) is 0.235. The molecule has 0 spiro atoms. The molecule has 1 aliphatic rings. The predicted molar refractivity (Wildman–Crippen MR) is 135 cm³/mol. The third-order valence-corrected chi connectivity index (χ3v) is 6.26. The SMILES string of the molecule is N#CC1CCCN1C(=O)CNC(=O)c1ccnc2ccc(OCCCN(C=O)Cc3ccc(F)nc3)cc12. The number of nitriles is 1. The fourth-order valence-electron chi connectivity index (χ4n) is 4.33. The van der Waals surface area contributed by atoms with E-state index >= 15 is 0 Å². The number of aromatic nitrogens is 2. The van der Waals surface area contributed by atoms with Gasteiger partial charge in [0.05, 0.1) is 30.3 Å². The molecule has 1 fully saturated rings. The Morgan fingerprint density at radius 3 is 2.89 bits per heavy atom. The van der Waals surface area contributed by atoms with Gasteiger partial charge in [-0.2, -0.15) is 9.65 Å². The van der Waals surface area contributed by atoms with Gasteiger partial charge in [0.1, 0.15) is 11.8 Å². The van der Waals surface area contributed by atoms with E-state index in [0.717, 1.165) is 18.4 Å². The highest BCUT2D eigenvalue weighted by atomic mass is 19.1. The Balaban J connectivity index is 1.32. The number of nitrogens with one attached hydrogen (secondary N) is 1. The summed E-state index contributed by atoms with van der Waals surface area (Å²) in [5.74, 6) is -0.752. The topological polar surface area (TPSA) is 129 Å². The van der Waals surface area contributed by atoms with Crippen LogP contribution in [0.5, 0.6) is 5.75 Å². The van der Waals surface area contributed by atoms with Crippen molar-refractivity contribution in [3.8, 4) is 11.8 Å². The number of carbonyl (C=O) groups excluding carboxylic acids is 3. The lowest BCUT2D eigenvalue weighted by molar-refractivity contribution is -0.130. The summed E-state index contributed by atoms with van der Waals surface area (Å²) in [5, 5.41) is 12.4. The van der Waals surface area contributed by atoms with Crippen LogP contribution in [0.25, 0.3) is 10.9 Å². The number of halogens is 1. The average molecular weight is 519 g/mol. The Morgan fingerprint density at radius 2 is 2.13 bits per heavy atom. The van der Waals surface area contributed by atoms with E-state index in [9.17, 15) is 24.0 Å². The number of amides is 3. The van der Waals surface area contributed by atoms with Crippen molar-refractivity contribution >= 4 is 29.1 Å². The van der Waals surface area contributed by atoms with Crippen LogP contribution in [0.4, 0.5) is 4.39 Å². The smallest absolute Gasteiger partial charge is 0.252 e. The van der Waals surface area contributed by atoms with Gasteiger partial charge in [-0.1, -0.05) is 6.07 Å². The Hall–Kier alpha value is -4.59. The molecule has 0 saturated carbocycles. The van der Waals surface area contributed by atoms with Gasteiger partial charge in [-0.15, -0.1) is 0 Å². The Kier molecular flexibility index (Phi) is 8.77. The van der Waals surface area contributed by atoms with Crippen LogP contribution in [0.1, 0.15) is 35.2 Å². The van der Waals surface area contributed by atoms with Gasteiger partial charge < -0.3 is 19.9 Å². The number of pyridine rings is 2. The molecular weight excluding hydrogens is 491 g/mol. The third-order valence-electron chi connectivity index (χ3n) is 6.26. The highest BCUT2D eigenvalue weighted by Crippen LogP contribution is 2.23. The molecule has 3 heterocycles. The number of rotatable bonds is 11. The number of likely N-dealkylation sites (tertiary alicyclic amines) is 1. The Labute approximate surface area is 219 Å². The van der Waals surface area contributed by atoms with Crippen molar-refractivity contribution < 1.29 is 23.5 Å². The number of carbonyl (C=O) groups is 3. The molecule has 0 radical (unpaired) electrons. The van der Waals surface area contributed by atoms with E-state index in [0.29, 0.717) is 61.3 Å². The molecule has 1 aliphatic heterocycles. The first-order chi connectivity index (χ1) is 18.5. The molecule has 0 bridgehead atoms. The second kappa shape index (κ2) is 12.6. The van der Waals surface area contributed by atoms with Gasteiger partial charge in [0, 0.05) is 37.4 Å². The number of nitrogens with zero attached hydrogens (tertiary/aromatic N) is 5. The first-order valence-corrected chi connectivity index (χ1v) is 12.3. The first kappa shape index (κ1) is 26.5. The van der Waals surface area contributed by atoms with Gasteiger partial charge in [-0.3, -0.25) is 19.4 Å². The zero-order chi connectivity index (χ0) is 26.9. The lowest BCUT2D eigenvalue weighted by Crippen LogP contribution is -2.42. The van der Waals surface area contributed by atoms with Crippen LogP contribution in [0.3, 0.4) is 0 Å². The summed E-state index contributed by atoms with van der Waals surface area (Å²) in [7, 11) is 0. The zero-order valence-corrected chi connectivity index (χ0v) is 20.7. The monoisotopic (exact) mass is 518 g/mol. The summed E-state index contributed by atoms with van der Waals surface area (Å²) >= 11 is 0. The van der Waals surface area contributed by atoms with Gasteiger partial charge >= 0.3 is 0 Å².